The summed E-state index contributed by atoms with van der Waals surface area (Å²) in [6, 6.07) is 20.6. The summed E-state index contributed by atoms with van der Waals surface area (Å²) in [5.74, 6) is -0.114. The summed E-state index contributed by atoms with van der Waals surface area (Å²) in [7, 11) is 2.86. The van der Waals surface area contributed by atoms with Crippen molar-refractivity contribution in [3.05, 3.63) is 88.7 Å². The Morgan fingerprint density at radius 3 is 2.50 bits per heavy atom. The number of anilines is 1. The van der Waals surface area contributed by atoms with E-state index in [1.165, 1.54) is 11.7 Å². The molecule has 0 aliphatic carbocycles. The number of nitrogens with zero attached hydrogens (tertiary/aromatic N) is 2. The number of amides is 1. The number of carbonyl (C=O) groups excluding carboxylic acids is 2. The number of carbonyl (C=O) groups is 2. The smallest absolute Gasteiger partial charge is 0.337 e. The Morgan fingerprint density at radius 2 is 1.76 bits per heavy atom. The van der Waals surface area contributed by atoms with Crippen LogP contribution in [0.25, 0.3) is 16.6 Å². The largest absolute Gasteiger partial charge is 0.497 e. The average molecular weight is 476 g/mol. The summed E-state index contributed by atoms with van der Waals surface area (Å²) < 4.78 is 11.5. The third kappa shape index (κ3) is 4.94. The lowest BCUT2D eigenvalue weighted by atomic mass is 10.2. The highest BCUT2D eigenvalue weighted by Gasteiger charge is 2.15. The second kappa shape index (κ2) is 10.2. The number of ether oxygens (including phenoxy) is 2. The van der Waals surface area contributed by atoms with Crippen LogP contribution in [0, 0.1) is 0 Å². The molecule has 34 heavy (non-hydrogen) atoms. The van der Waals surface area contributed by atoms with E-state index in [4.69, 9.17) is 4.74 Å². The molecule has 0 aliphatic heterocycles. The van der Waals surface area contributed by atoms with Crippen LogP contribution in [0.5, 0.6) is 5.75 Å². The van der Waals surface area contributed by atoms with Crippen LogP contribution in [-0.2, 0) is 9.53 Å². The maximum absolute atomic E-state index is 13.3. The highest BCUT2D eigenvalue weighted by molar-refractivity contribution is 7.99. The Morgan fingerprint density at radius 1 is 1.00 bits per heavy atom. The minimum atomic E-state index is -0.452. The fourth-order valence-corrected chi connectivity index (χ4v) is 4.13. The first-order chi connectivity index (χ1) is 16.5. The molecule has 0 unspecified atom stereocenters. The molecule has 0 saturated heterocycles. The summed E-state index contributed by atoms with van der Waals surface area (Å²) in [5, 5.41) is 3.64. The van der Waals surface area contributed by atoms with Gasteiger partial charge in [0.1, 0.15) is 5.75 Å². The molecule has 0 spiro atoms. The first kappa shape index (κ1) is 23.1. The van der Waals surface area contributed by atoms with E-state index in [-0.39, 0.29) is 17.2 Å². The van der Waals surface area contributed by atoms with Gasteiger partial charge in [-0.3, -0.25) is 14.2 Å². The summed E-state index contributed by atoms with van der Waals surface area (Å²) in [5.41, 5.74) is 1.82. The van der Waals surface area contributed by atoms with Gasteiger partial charge in [-0.1, -0.05) is 30.0 Å². The molecule has 4 rings (SSSR count). The molecule has 0 bridgehead atoms. The van der Waals surface area contributed by atoms with Gasteiger partial charge < -0.3 is 14.8 Å². The number of hydrogen-bond donors (Lipinski definition) is 1. The molecule has 4 aromatic rings. The molecule has 9 heteroatoms. The van der Waals surface area contributed by atoms with Crippen molar-refractivity contribution in [3.8, 4) is 11.4 Å². The Kier molecular flexibility index (Phi) is 6.93. The third-order valence-corrected chi connectivity index (χ3v) is 5.92. The predicted molar refractivity (Wildman–Crippen MR) is 131 cm³/mol. The minimum absolute atomic E-state index is 0.0213. The molecule has 1 heterocycles. The number of esters is 1. The molecular weight excluding hydrogens is 454 g/mol. The summed E-state index contributed by atoms with van der Waals surface area (Å²) in [4.78, 5) is 42.1. The van der Waals surface area contributed by atoms with Crippen molar-refractivity contribution in [2.24, 2.45) is 0 Å². The molecule has 1 amide bonds. The van der Waals surface area contributed by atoms with E-state index in [1.807, 2.05) is 6.07 Å². The van der Waals surface area contributed by atoms with Gasteiger partial charge in [0.15, 0.2) is 5.16 Å². The van der Waals surface area contributed by atoms with Gasteiger partial charge in [0, 0.05) is 11.8 Å². The average Bonchev–Trinajstić information content (AvgIpc) is 2.87. The van der Waals surface area contributed by atoms with Crippen molar-refractivity contribution in [3.63, 3.8) is 0 Å². The molecule has 0 radical (unpaired) electrons. The van der Waals surface area contributed by atoms with E-state index in [2.05, 4.69) is 15.0 Å². The zero-order chi connectivity index (χ0) is 24.1. The maximum atomic E-state index is 13.3. The molecule has 1 N–H and O–H groups in total. The standard InChI is InChI=1S/C25H21N3O5S/c1-32-19-7-5-6-18(14-19)28-23(30)20-8-3-4-9-21(20)27-25(28)34-15-22(29)26-17-12-10-16(11-13-17)24(31)33-2/h3-14H,15H2,1-2H3,(H,26,29). The number of nitrogens with one attached hydrogen (secondary N) is 1. The normalized spacial score (nSPS) is 10.6. The quantitative estimate of drug-likeness (QED) is 0.246. The Bertz CT molecular complexity index is 1420. The maximum Gasteiger partial charge on any atom is 0.337 e. The summed E-state index contributed by atoms with van der Waals surface area (Å²) >= 11 is 1.15. The molecule has 0 fully saturated rings. The van der Waals surface area contributed by atoms with Crippen molar-refractivity contribution in [2.75, 3.05) is 25.3 Å². The third-order valence-electron chi connectivity index (χ3n) is 4.98. The summed E-state index contributed by atoms with van der Waals surface area (Å²) in [6.45, 7) is 0. The van der Waals surface area contributed by atoms with Crippen molar-refractivity contribution in [1.29, 1.82) is 0 Å². The lowest BCUT2D eigenvalue weighted by Crippen LogP contribution is -2.23. The summed E-state index contributed by atoms with van der Waals surface area (Å²) in [6.07, 6.45) is 0. The van der Waals surface area contributed by atoms with Crippen LogP contribution in [-0.4, -0.2) is 41.4 Å². The molecule has 1 aromatic heterocycles. The molecule has 0 saturated carbocycles. The Hall–Kier alpha value is -4.11. The highest BCUT2D eigenvalue weighted by Crippen LogP contribution is 2.24. The van der Waals surface area contributed by atoms with Crippen LogP contribution in [0.4, 0.5) is 5.69 Å². The number of rotatable bonds is 7. The number of fused-ring (bicyclic) bond motifs is 1. The van der Waals surface area contributed by atoms with Gasteiger partial charge in [0.25, 0.3) is 5.56 Å². The van der Waals surface area contributed by atoms with E-state index >= 15 is 0 Å². The second-order valence-corrected chi connectivity index (χ2v) is 8.10. The van der Waals surface area contributed by atoms with Crippen LogP contribution in [0.1, 0.15) is 10.4 Å². The second-order valence-electron chi connectivity index (χ2n) is 7.16. The minimum Gasteiger partial charge on any atom is -0.497 e. The monoisotopic (exact) mass is 475 g/mol. The van der Waals surface area contributed by atoms with Gasteiger partial charge in [-0.2, -0.15) is 0 Å². The zero-order valence-corrected chi connectivity index (χ0v) is 19.3. The molecular formula is C25H21N3O5S. The number of aromatic nitrogens is 2. The van der Waals surface area contributed by atoms with E-state index in [9.17, 15) is 14.4 Å². The van der Waals surface area contributed by atoms with Gasteiger partial charge in [0.05, 0.1) is 42.1 Å². The topological polar surface area (TPSA) is 99.5 Å². The van der Waals surface area contributed by atoms with E-state index in [1.54, 1.807) is 73.8 Å². The number of hydrogen-bond acceptors (Lipinski definition) is 7. The van der Waals surface area contributed by atoms with Crippen LogP contribution >= 0.6 is 11.8 Å². The van der Waals surface area contributed by atoms with Gasteiger partial charge in [-0.25, -0.2) is 9.78 Å². The molecule has 0 atom stereocenters. The van der Waals surface area contributed by atoms with Crippen LogP contribution in [0.2, 0.25) is 0 Å². The number of methoxy groups -OCH3 is 2. The molecule has 0 aliphatic rings. The van der Waals surface area contributed by atoms with Crippen LogP contribution < -0.4 is 15.6 Å². The first-order valence-corrected chi connectivity index (χ1v) is 11.3. The number of para-hydroxylation sites is 1. The zero-order valence-electron chi connectivity index (χ0n) is 18.5. The van der Waals surface area contributed by atoms with Crippen molar-refractivity contribution < 1.29 is 19.1 Å². The molecule has 3 aromatic carbocycles. The fourth-order valence-electron chi connectivity index (χ4n) is 3.32. The van der Waals surface area contributed by atoms with Gasteiger partial charge in [-0.15, -0.1) is 0 Å². The molecule has 172 valence electrons. The van der Waals surface area contributed by atoms with Gasteiger partial charge >= 0.3 is 5.97 Å². The van der Waals surface area contributed by atoms with E-state index < -0.39 is 5.97 Å². The Balaban J connectivity index is 1.60. The fraction of sp³-hybridized carbons (Fsp3) is 0.120. The van der Waals surface area contributed by atoms with Crippen molar-refractivity contribution in [2.45, 2.75) is 5.16 Å². The van der Waals surface area contributed by atoms with E-state index in [0.717, 1.165) is 11.8 Å². The predicted octanol–water partition coefficient (Wildman–Crippen LogP) is 3.91. The lowest BCUT2D eigenvalue weighted by Gasteiger charge is -2.14. The number of thioether (sulfide) groups is 1. The van der Waals surface area contributed by atoms with Crippen LogP contribution in [0.3, 0.4) is 0 Å². The SMILES string of the molecule is COC(=O)c1ccc(NC(=O)CSc2nc3ccccc3c(=O)n2-c2cccc(OC)c2)cc1. The van der Waals surface area contributed by atoms with Gasteiger partial charge in [0.2, 0.25) is 5.91 Å². The highest BCUT2D eigenvalue weighted by atomic mass is 32.2. The first-order valence-electron chi connectivity index (χ1n) is 10.3. The van der Waals surface area contributed by atoms with Crippen molar-refractivity contribution in [1.82, 2.24) is 9.55 Å². The van der Waals surface area contributed by atoms with Gasteiger partial charge in [-0.05, 0) is 48.5 Å². The Labute approximate surface area is 199 Å². The van der Waals surface area contributed by atoms with Crippen molar-refractivity contribution >= 4 is 40.2 Å². The van der Waals surface area contributed by atoms with E-state index in [0.29, 0.717) is 38.7 Å². The molecule has 8 nitrogen and oxygen atoms in total. The number of benzene rings is 3. The van der Waals surface area contributed by atoms with Crippen LogP contribution in [0.15, 0.2) is 82.7 Å². The lowest BCUT2D eigenvalue weighted by molar-refractivity contribution is -0.113.